The zero-order chi connectivity index (χ0) is 15.0. The lowest BCUT2D eigenvalue weighted by molar-refractivity contribution is -0.119. The first-order valence-electron chi connectivity index (χ1n) is 6.79. The van der Waals surface area contributed by atoms with Crippen LogP contribution in [0.2, 0.25) is 0 Å². The first-order chi connectivity index (χ1) is 9.58. The van der Waals surface area contributed by atoms with Crippen LogP contribution in [0.3, 0.4) is 0 Å². The summed E-state index contributed by atoms with van der Waals surface area (Å²) in [7, 11) is 1.58. The van der Waals surface area contributed by atoms with Crippen LogP contribution in [0, 0.1) is 5.92 Å². The van der Waals surface area contributed by atoms with Crippen molar-refractivity contribution in [2.45, 2.75) is 20.4 Å². The van der Waals surface area contributed by atoms with Crippen molar-refractivity contribution < 1.29 is 9.53 Å². The van der Waals surface area contributed by atoms with Crippen LogP contribution in [0.25, 0.3) is 0 Å². The SMILES string of the molecule is CCNCC(C)C(=O)Nc1ccc(=O)n(CCOC)c1. The largest absolute Gasteiger partial charge is 0.383 e. The normalized spacial score (nSPS) is 12.2. The van der Waals surface area contributed by atoms with Gasteiger partial charge in [-0.05, 0) is 12.6 Å². The van der Waals surface area contributed by atoms with E-state index in [0.29, 0.717) is 25.4 Å². The standard InChI is InChI=1S/C14H23N3O3/c1-4-15-9-11(2)14(19)16-12-5-6-13(18)17(10-12)7-8-20-3/h5-6,10-11,15H,4,7-9H2,1-3H3,(H,16,19). The number of hydrogen-bond acceptors (Lipinski definition) is 4. The molecule has 1 rings (SSSR count). The van der Waals surface area contributed by atoms with Gasteiger partial charge in [0.2, 0.25) is 5.91 Å². The summed E-state index contributed by atoms with van der Waals surface area (Å²) in [5.74, 6) is -0.197. The summed E-state index contributed by atoms with van der Waals surface area (Å²) in [4.78, 5) is 23.6. The molecule has 2 N–H and O–H groups in total. The van der Waals surface area contributed by atoms with E-state index in [2.05, 4.69) is 10.6 Å². The average Bonchev–Trinajstić information content (AvgIpc) is 2.45. The van der Waals surface area contributed by atoms with Crippen molar-refractivity contribution >= 4 is 11.6 Å². The van der Waals surface area contributed by atoms with E-state index in [4.69, 9.17) is 4.74 Å². The topological polar surface area (TPSA) is 72.4 Å². The number of anilines is 1. The van der Waals surface area contributed by atoms with Gasteiger partial charge in [0.25, 0.3) is 5.56 Å². The maximum atomic E-state index is 12.0. The molecule has 1 unspecified atom stereocenters. The molecular weight excluding hydrogens is 258 g/mol. The van der Waals surface area contributed by atoms with E-state index in [0.717, 1.165) is 6.54 Å². The van der Waals surface area contributed by atoms with Crippen LogP contribution in [0.1, 0.15) is 13.8 Å². The van der Waals surface area contributed by atoms with Gasteiger partial charge >= 0.3 is 0 Å². The van der Waals surface area contributed by atoms with Crippen LogP contribution >= 0.6 is 0 Å². The number of hydrogen-bond donors (Lipinski definition) is 2. The molecule has 1 amide bonds. The van der Waals surface area contributed by atoms with Gasteiger partial charge in [-0.15, -0.1) is 0 Å². The number of methoxy groups -OCH3 is 1. The fourth-order valence-electron chi connectivity index (χ4n) is 1.69. The van der Waals surface area contributed by atoms with Gasteiger partial charge in [-0.3, -0.25) is 9.59 Å². The average molecular weight is 281 g/mol. The van der Waals surface area contributed by atoms with Crippen LogP contribution in [-0.2, 0) is 16.1 Å². The number of rotatable bonds is 8. The predicted molar refractivity (Wildman–Crippen MR) is 78.9 cm³/mol. The molecule has 1 aromatic heterocycles. The zero-order valence-corrected chi connectivity index (χ0v) is 12.3. The summed E-state index contributed by atoms with van der Waals surface area (Å²) >= 11 is 0. The number of nitrogens with one attached hydrogen (secondary N) is 2. The van der Waals surface area contributed by atoms with Crippen LogP contribution in [0.5, 0.6) is 0 Å². The molecule has 0 aromatic carbocycles. The number of ether oxygens (including phenoxy) is 1. The van der Waals surface area contributed by atoms with Gasteiger partial charge in [0.15, 0.2) is 0 Å². The Balaban J connectivity index is 2.67. The third-order valence-electron chi connectivity index (χ3n) is 2.94. The predicted octanol–water partition coefficient (Wildman–Crippen LogP) is 0.679. The molecule has 1 atom stereocenters. The number of pyridine rings is 1. The van der Waals surface area contributed by atoms with Crippen molar-refractivity contribution in [3.63, 3.8) is 0 Å². The van der Waals surface area contributed by atoms with Crippen molar-refractivity contribution in [3.8, 4) is 0 Å². The summed E-state index contributed by atoms with van der Waals surface area (Å²) < 4.78 is 6.47. The Labute approximate surface area is 119 Å². The second-order valence-electron chi connectivity index (χ2n) is 4.64. The fraction of sp³-hybridized carbons (Fsp3) is 0.571. The lowest BCUT2D eigenvalue weighted by atomic mass is 10.1. The van der Waals surface area contributed by atoms with Crippen LogP contribution in [0.4, 0.5) is 5.69 Å². The molecule has 0 aliphatic rings. The monoisotopic (exact) mass is 281 g/mol. The molecule has 0 saturated heterocycles. The lowest BCUT2D eigenvalue weighted by Gasteiger charge is -2.13. The number of aromatic nitrogens is 1. The minimum absolute atomic E-state index is 0.0668. The second-order valence-corrected chi connectivity index (χ2v) is 4.64. The van der Waals surface area contributed by atoms with Crippen LogP contribution < -0.4 is 16.2 Å². The molecule has 1 heterocycles. The first kappa shape index (κ1) is 16.4. The number of nitrogens with zero attached hydrogens (tertiary/aromatic N) is 1. The van der Waals surface area contributed by atoms with Crippen molar-refractivity contribution in [1.82, 2.24) is 9.88 Å². The van der Waals surface area contributed by atoms with E-state index in [1.54, 1.807) is 19.4 Å². The van der Waals surface area contributed by atoms with E-state index in [9.17, 15) is 9.59 Å². The Kier molecular flexibility index (Phi) is 6.97. The van der Waals surface area contributed by atoms with Crippen molar-refractivity contribution in [3.05, 3.63) is 28.7 Å². The van der Waals surface area contributed by atoms with Gasteiger partial charge in [-0.2, -0.15) is 0 Å². The molecule has 0 spiro atoms. The maximum absolute atomic E-state index is 12.0. The molecule has 0 saturated carbocycles. The molecule has 0 bridgehead atoms. The lowest BCUT2D eigenvalue weighted by Crippen LogP contribution is -2.31. The molecule has 0 aliphatic carbocycles. The highest BCUT2D eigenvalue weighted by molar-refractivity contribution is 5.92. The maximum Gasteiger partial charge on any atom is 0.250 e. The van der Waals surface area contributed by atoms with Gasteiger partial charge in [0.05, 0.1) is 12.3 Å². The quantitative estimate of drug-likeness (QED) is 0.735. The molecule has 0 aliphatic heterocycles. The first-order valence-corrected chi connectivity index (χ1v) is 6.79. The van der Waals surface area contributed by atoms with E-state index in [1.807, 2.05) is 13.8 Å². The van der Waals surface area contributed by atoms with Crippen LogP contribution in [-0.4, -0.2) is 37.3 Å². The van der Waals surface area contributed by atoms with E-state index in [-0.39, 0.29) is 17.4 Å². The highest BCUT2D eigenvalue weighted by Gasteiger charge is 2.12. The number of amides is 1. The molecule has 6 nitrogen and oxygen atoms in total. The van der Waals surface area contributed by atoms with E-state index in [1.165, 1.54) is 10.6 Å². The summed E-state index contributed by atoms with van der Waals surface area (Å²) in [6, 6.07) is 3.06. The van der Waals surface area contributed by atoms with Crippen molar-refractivity contribution in [2.24, 2.45) is 5.92 Å². The summed E-state index contributed by atoms with van der Waals surface area (Å²) in [5.41, 5.74) is 0.509. The fourth-order valence-corrected chi connectivity index (χ4v) is 1.69. The number of carbonyl (C=O) groups is 1. The molecular formula is C14H23N3O3. The summed E-state index contributed by atoms with van der Waals surface area (Å²) in [6.07, 6.45) is 1.64. The van der Waals surface area contributed by atoms with Crippen molar-refractivity contribution in [1.29, 1.82) is 0 Å². The van der Waals surface area contributed by atoms with Gasteiger partial charge < -0.3 is 19.9 Å². The minimum Gasteiger partial charge on any atom is -0.383 e. The molecule has 6 heteroatoms. The van der Waals surface area contributed by atoms with Gasteiger partial charge in [-0.25, -0.2) is 0 Å². The van der Waals surface area contributed by atoms with Gasteiger partial charge in [0, 0.05) is 38.4 Å². The highest BCUT2D eigenvalue weighted by atomic mass is 16.5. The molecule has 112 valence electrons. The third kappa shape index (κ3) is 5.14. The Morgan fingerprint density at radius 1 is 1.45 bits per heavy atom. The Bertz CT molecular complexity index is 485. The second kappa shape index (κ2) is 8.50. The summed E-state index contributed by atoms with van der Waals surface area (Å²) in [5, 5.41) is 5.95. The number of carbonyl (C=O) groups excluding carboxylic acids is 1. The molecule has 0 radical (unpaired) electrons. The van der Waals surface area contributed by atoms with Gasteiger partial charge in [-0.1, -0.05) is 13.8 Å². The smallest absolute Gasteiger partial charge is 0.250 e. The minimum atomic E-state index is -0.130. The molecule has 0 fully saturated rings. The van der Waals surface area contributed by atoms with E-state index >= 15 is 0 Å². The Morgan fingerprint density at radius 2 is 2.20 bits per heavy atom. The van der Waals surface area contributed by atoms with E-state index < -0.39 is 0 Å². The van der Waals surface area contributed by atoms with Crippen molar-refractivity contribution in [2.75, 3.05) is 32.1 Å². The highest BCUT2D eigenvalue weighted by Crippen LogP contribution is 2.06. The Morgan fingerprint density at radius 3 is 2.85 bits per heavy atom. The summed E-state index contributed by atoms with van der Waals surface area (Å²) in [6.45, 7) is 6.24. The Hall–Kier alpha value is -1.66. The molecule has 1 aromatic rings. The third-order valence-corrected chi connectivity index (χ3v) is 2.94. The van der Waals surface area contributed by atoms with Crippen LogP contribution in [0.15, 0.2) is 23.1 Å². The zero-order valence-electron chi connectivity index (χ0n) is 12.3. The van der Waals surface area contributed by atoms with Gasteiger partial charge in [0.1, 0.15) is 0 Å². The molecule has 20 heavy (non-hydrogen) atoms.